The van der Waals surface area contributed by atoms with Gasteiger partial charge in [-0.2, -0.15) is 0 Å². The smallest absolute Gasteiger partial charge is 0.272 e. The van der Waals surface area contributed by atoms with Crippen LogP contribution in [0.4, 0.5) is 11.6 Å². The van der Waals surface area contributed by atoms with Crippen molar-refractivity contribution >= 4 is 17.5 Å². The fourth-order valence-electron chi connectivity index (χ4n) is 3.96. The molecule has 3 heterocycles. The maximum Gasteiger partial charge on any atom is 0.272 e. The molecule has 2 fully saturated rings. The first-order valence-corrected chi connectivity index (χ1v) is 10.3. The van der Waals surface area contributed by atoms with Gasteiger partial charge in [0.1, 0.15) is 5.69 Å². The van der Waals surface area contributed by atoms with E-state index in [2.05, 4.69) is 51.8 Å². The van der Waals surface area contributed by atoms with Crippen molar-refractivity contribution in [3.63, 3.8) is 0 Å². The zero-order valence-corrected chi connectivity index (χ0v) is 17.5. The molecule has 2 aliphatic heterocycles. The van der Waals surface area contributed by atoms with E-state index in [1.807, 2.05) is 11.8 Å². The number of amides is 1. The summed E-state index contributed by atoms with van der Waals surface area (Å²) in [7, 11) is 0. The maximum absolute atomic E-state index is 12.8. The van der Waals surface area contributed by atoms with Gasteiger partial charge in [0.05, 0.1) is 13.2 Å². The van der Waals surface area contributed by atoms with Crippen molar-refractivity contribution in [3.8, 4) is 0 Å². The quantitative estimate of drug-likeness (QED) is 0.794. The SMILES string of the molecule is Cc1cc(C(=O)N2CCOCC2)nc(N2CCN(c3cccc(C)c3C)CC2)n1. The van der Waals surface area contributed by atoms with Crippen LogP contribution in [-0.4, -0.2) is 73.3 Å². The number of nitrogens with zero attached hydrogens (tertiary/aromatic N) is 5. The van der Waals surface area contributed by atoms with Gasteiger partial charge in [-0.1, -0.05) is 12.1 Å². The van der Waals surface area contributed by atoms with Gasteiger partial charge in [0, 0.05) is 50.6 Å². The van der Waals surface area contributed by atoms with Gasteiger partial charge in [-0.3, -0.25) is 4.79 Å². The first-order chi connectivity index (χ1) is 14.0. The average molecular weight is 396 g/mol. The highest BCUT2D eigenvalue weighted by molar-refractivity contribution is 5.92. The number of morpholine rings is 1. The minimum Gasteiger partial charge on any atom is -0.378 e. The summed E-state index contributed by atoms with van der Waals surface area (Å²) < 4.78 is 5.35. The molecule has 0 aliphatic carbocycles. The molecule has 0 atom stereocenters. The molecule has 0 radical (unpaired) electrons. The first kappa shape index (κ1) is 19.6. The van der Waals surface area contributed by atoms with Crippen molar-refractivity contribution < 1.29 is 9.53 Å². The van der Waals surface area contributed by atoms with Crippen molar-refractivity contribution in [1.29, 1.82) is 0 Å². The zero-order chi connectivity index (χ0) is 20.4. The average Bonchev–Trinajstić information content (AvgIpc) is 2.75. The van der Waals surface area contributed by atoms with E-state index in [4.69, 9.17) is 4.74 Å². The molecule has 29 heavy (non-hydrogen) atoms. The number of aromatic nitrogens is 2. The summed E-state index contributed by atoms with van der Waals surface area (Å²) >= 11 is 0. The Morgan fingerprint density at radius 1 is 0.931 bits per heavy atom. The van der Waals surface area contributed by atoms with Gasteiger partial charge in [-0.05, 0) is 44.0 Å². The van der Waals surface area contributed by atoms with Crippen LogP contribution < -0.4 is 9.80 Å². The molecular weight excluding hydrogens is 366 g/mol. The number of rotatable bonds is 3. The fraction of sp³-hybridized carbons (Fsp3) is 0.500. The maximum atomic E-state index is 12.8. The molecule has 0 saturated carbocycles. The largest absolute Gasteiger partial charge is 0.378 e. The van der Waals surface area contributed by atoms with E-state index < -0.39 is 0 Å². The molecule has 0 unspecified atom stereocenters. The lowest BCUT2D eigenvalue weighted by atomic mass is 10.1. The van der Waals surface area contributed by atoms with Crippen LogP contribution in [0.5, 0.6) is 0 Å². The molecule has 7 heteroatoms. The van der Waals surface area contributed by atoms with Crippen LogP contribution >= 0.6 is 0 Å². The van der Waals surface area contributed by atoms with E-state index in [9.17, 15) is 4.79 Å². The van der Waals surface area contributed by atoms with E-state index in [1.165, 1.54) is 16.8 Å². The number of hydrogen-bond acceptors (Lipinski definition) is 6. The van der Waals surface area contributed by atoms with Crippen LogP contribution in [0.1, 0.15) is 27.3 Å². The van der Waals surface area contributed by atoms with Gasteiger partial charge in [0.2, 0.25) is 5.95 Å². The summed E-state index contributed by atoms with van der Waals surface area (Å²) in [6, 6.07) is 8.26. The lowest BCUT2D eigenvalue weighted by Crippen LogP contribution is -2.47. The molecule has 1 aromatic heterocycles. The van der Waals surface area contributed by atoms with Crippen molar-refractivity contribution in [1.82, 2.24) is 14.9 Å². The third-order valence-electron chi connectivity index (χ3n) is 5.84. The molecular formula is C22H29N5O2. The number of benzene rings is 1. The van der Waals surface area contributed by atoms with Crippen LogP contribution in [0.2, 0.25) is 0 Å². The highest BCUT2D eigenvalue weighted by atomic mass is 16.5. The predicted molar refractivity (Wildman–Crippen MR) is 114 cm³/mol. The summed E-state index contributed by atoms with van der Waals surface area (Å²) in [5, 5.41) is 0. The van der Waals surface area contributed by atoms with Crippen LogP contribution in [0.15, 0.2) is 24.3 Å². The third kappa shape index (κ3) is 4.19. The number of anilines is 2. The molecule has 2 aromatic rings. The van der Waals surface area contributed by atoms with Crippen molar-refractivity contribution in [2.75, 3.05) is 62.3 Å². The topological polar surface area (TPSA) is 61.8 Å². The standard InChI is InChI=1S/C22H29N5O2/c1-16-5-4-6-20(18(16)3)25-7-9-27(10-8-25)22-23-17(2)15-19(24-22)21(28)26-11-13-29-14-12-26/h4-6,15H,7-14H2,1-3H3. The number of ether oxygens (including phenoxy) is 1. The van der Waals surface area contributed by atoms with Gasteiger partial charge in [-0.15, -0.1) is 0 Å². The Morgan fingerprint density at radius 2 is 1.62 bits per heavy atom. The Balaban J connectivity index is 1.47. The zero-order valence-electron chi connectivity index (χ0n) is 17.5. The Kier molecular flexibility index (Phi) is 5.67. The van der Waals surface area contributed by atoms with E-state index in [0.29, 0.717) is 37.9 Å². The van der Waals surface area contributed by atoms with Gasteiger partial charge >= 0.3 is 0 Å². The molecule has 7 nitrogen and oxygen atoms in total. The molecule has 4 rings (SSSR count). The first-order valence-electron chi connectivity index (χ1n) is 10.3. The van der Waals surface area contributed by atoms with Gasteiger partial charge < -0.3 is 19.4 Å². The van der Waals surface area contributed by atoms with Gasteiger partial charge in [0.25, 0.3) is 5.91 Å². The molecule has 1 aromatic carbocycles. The van der Waals surface area contributed by atoms with Gasteiger partial charge in [-0.25, -0.2) is 9.97 Å². The lowest BCUT2D eigenvalue weighted by molar-refractivity contribution is 0.0299. The Hall–Kier alpha value is -2.67. The summed E-state index contributed by atoms with van der Waals surface area (Å²) in [6.07, 6.45) is 0. The van der Waals surface area contributed by atoms with Crippen LogP contribution in [0, 0.1) is 20.8 Å². The number of piperazine rings is 1. The second-order valence-corrected chi connectivity index (χ2v) is 7.79. The highest BCUT2D eigenvalue weighted by Crippen LogP contribution is 2.25. The second-order valence-electron chi connectivity index (χ2n) is 7.79. The summed E-state index contributed by atoms with van der Waals surface area (Å²) in [5.41, 5.74) is 5.26. The predicted octanol–water partition coefficient (Wildman–Crippen LogP) is 2.20. The Labute approximate surface area is 172 Å². The molecule has 2 aliphatic rings. The van der Waals surface area contributed by atoms with Crippen LogP contribution in [0.3, 0.4) is 0 Å². The van der Waals surface area contributed by atoms with E-state index >= 15 is 0 Å². The van der Waals surface area contributed by atoms with Crippen molar-refractivity contribution in [3.05, 3.63) is 46.8 Å². The van der Waals surface area contributed by atoms with Crippen LogP contribution in [-0.2, 0) is 4.74 Å². The monoisotopic (exact) mass is 395 g/mol. The van der Waals surface area contributed by atoms with Crippen molar-refractivity contribution in [2.45, 2.75) is 20.8 Å². The number of carbonyl (C=O) groups excluding carboxylic acids is 1. The summed E-state index contributed by atoms with van der Waals surface area (Å²) in [6.45, 7) is 12.2. The fourth-order valence-corrected chi connectivity index (χ4v) is 3.96. The highest BCUT2D eigenvalue weighted by Gasteiger charge is 2.24. The number of aryl methyl sites for hydroxylation is 2. The van der Waals surface area contributed by atoms with Crippen molar-refractivity contribution in [2.24, 2.45) is 0 Å². The molecule has 0 N–H and O–H groups in total. The number of carbonyl (C=O) groups is 1. The minimum atomic E-state index is -0.0333. The molecule has 1 amide bonds. The van der Waals surface area contributed by atoms with E-state index in [0.717, 1.165) is 31.9 Å². The van der Waals surface area contributed by atoms with E-state index in [1.54, 1.807) is 6.07 Å². The lowest BCUT2D eigenvalue weighted by Gasteiger charge is -2.37. The van der Waals surface area contributed by atoms with Gasteiger partial charge in [0.15, 0.2) is 0 Å². The van der Waals surface area contributed by atoms with E-state index in [-0.39, 0.29) is 5.91 Å². The minimum absolute atomic E-state index is 0.0333. The second kappa shape index (κ2) is 8.37. The number of hydrogen-bond donors (Lipinski definition) is 0. The summed E-state index contributed by atoms with van der Waals surface area (Å²) in [5.74, 6) is 0.622. The molecule has 0 bridgehead atoms. The normalized spacial score (nSPS) is 17.6. The summed E-state index contributed by atoms with van der Waals surface area (Å²) in [4.78, 5) is 28.5. The molecule has 0 spiro atoms. The molecule has 2 saturated heterocycles. The Morgan fingerprint density at radius 3 is 2.34 bits per heavy atom. The third-order valence-corrected chi connectivity index (χ3v) is 5.84. The van der Waals surface area contributed by atoms with Crippen LogP contribution in [0.25, 0.3) is 0 Å². The Bertz CT molecular complexity index is 887. The molecule has 154 valence electrons.